The van der Waals surface area contributed by atoms with E-state index in [-0.39, 0.29) is 12.1 Å². The van der Waals surface area contributed by atoms with Gasteiger partial charge in [-0.1, -0.05) is 18.5 Å². The Morgan fingerprint density at radius 2 is 2.26 bits per heavy atom. The Labute approximate surface area is 125 Å². The van der Waals surface area contributed by atoms with Gasteiger partial charge in [0.2, 0.25) is 0 Å². The zero-order chi connectivity index (χ0) is 14.1. The lowest BCUT2D eigenvalue weighted by molar-refractivity contribution is 0.165. The van der Waals surface area contributed by atoms with E-state index < -0.39 is 0 Å². The average molecular weight is 303 g/mol. The van der Waals surface area contributed by atoms with Crippen molar-refractivity contribution in [2.24, 2.45) is 0 Å². The van der Waals surface area contributed by atoms with Gasteiger partial charge < -0.3 is 10.4 Å². The number of hydrogen-bond acceptors (Lipinski definition) is 4. The molecule has 108 valence electrons. The molecule has 0 fully saturated rings. The Morgan fingerprint density at radius 3 is 2.84 bits per heavy atom. The summed E-state index contributed by atoms with van der Waals surface area (Å²) < 4.78 is 0. The fourth-order valence-corrected chi connectivity index (χ4v) is 2.64. The molecule has 0 bridgehead atoms. The van der Waals surface area contributed by atoms with Crippen molar-refractivity contribution in [3.63, 3.8) is 0 Å². The first-order valence-electron chi connectivity index (χ1n) is 6.70. The lowest BCUT2D eigenvalue weighted by atomic mass is 9.97. The molecule has 0 saturated carbocycles. The third-order valence-electron chi connectivity index (χ3n) is 2.97. The van der Waals surface area contributed by atoms with Crippen LogP contribution in [0.15, 0.2) is 23.4 Å². The number of hydrogen-bond donors (Lipinski definition) is 2. The highest BCUT2D eigenvalue weighted by Crippen LogP contribution is 2.20. The van der Waals surface area contributed by atoms with Crippen molar-refractivity contribution in [1.29, 1.82) is 0 Å². The second-order valence-corrected chi connectivity index (χ2v) is 6.46. The first-order chi connectivity index (χ1) is 9.09. The first-order valence-corrected chi connectivity index (χ1v) is 8.06. The maximum Gasteiger partial charge on any atom is 0.0960 e. The largest absolute Gasteiger partial charge is 0.394 e. The summed E-state index contributed by atoms with van der Waals surface area (Å²) in [5.74, 6) is 0.998. The van der Waals surface area contributed by atoms with Crippen molar-refractivity contribution in [2.45, 2.75) is 43.7 Å². The molecule has 0 amide bonds. The number of aliphatic hydroxyl groups is 1. The van der Waals surface area contributed by atoms with E-state index in [1.165, 1.54) is 0 Å². The van der Waals surface area contributed by atoms with Crippen LogP contribution in [0, 0.1) is 0 Å². The van der Waals surface area contributed by atoms with Crippen LogP contribution < -0.4 is 5.32 Å². The number of nitrogens with one attached hydrogen (secondary N) is 1. The van der Waals surface area contributed by atoms with E-state index >= 15 is 0 Å². The molecule has 19 heavy (non-hydrogen) atoms. The van der Waals surface area contributed by atoms with Crippen LogP contribution in [0.3, 0.4) is 0 Å². The van der Waals surface area contributed by atoms with E-state index in [0.29, 0.717) is 5.02 Å². The third kappa shape index (κ3) is 6.61. The average Bonchev–Trinajstić information content (AvgIpc) is 2.43. The molecule has 1 unspecified atom stereocenters. The summed E-state index contributed by atoms with van der Waals surface area (Å²) >= 11 is 7.52. The molecule has 0 aromatic carbocycles. The van der Waals surface area contributed by atoms with E-state index in [0.717, 1.165) is 36.6 Å². The molecule has 2 N–H and O–H groups in total. The van der Waals surface area contributed by atoms with Crippen LogP contribution >= 0.6 is 23.4 Å². The molecule has 1 aromatic rings. The monoisotopic (exact) mass is 302 g/mol. The minimum atomic E-state index is -0.163. The van der Waals surface area contributed by atoms with Crippen molar-refractivity contribution in [3.8, 4) is 0 Å². The van der Waals surface area contributed by atoms with Crippen molar-refractivity contribution in [2.75, 3.05) is 18.9 Å². The van der Waals surface area contributed by atoms with Crippen LogP contribution in [0.1, 0.15) is 33.1 Å². The van der Waals surface area contributed by atoms with Crippen LogP contribution in [0.5, 0.6) is 0 Å². The minimum Gasteiger partial charge on any atom is -0.394 e. The van der Waals surface area contributed by atoms with Gasteiger partial charge in [0.25, 0.3) is 0 Å². The zero-order valence-electron chi connectivity index (χ0n) is 11.7. The Hall–Kier alpha value is -0.290. The lowest BCUT2D eigenvalue weighted by Crippen LogP contribution is -2.46. The van der Waals surface area contributed by atoms with Gasteiger partial charge in [-0.25, -0.2) is 4.98 Å². The fraction of sp³-hybridized carbons (Fsp3) is 0.643. The van der Waals surface area contributed by atoms with E-state index in [1.54, 1.807) is 18.0 Å². The number of aromatic nitrogens is 1. The Bertz CT molecular complexity index is 361. The highest BCUT2D eigenvalue weighted by molar-refractivity contribution is 7.99. The molecule has 1 aromatic heterocycles. The van der Waals surface area contributed by atoms with Crippen molar-refractivity contribution in [1.82, 2.24) is 10.3 Å². The quantitative estimate of drug-likeness (QED) is 0.542. The van der Waals surface area contributed by atoms with Crippen LogP contribution in [-0.4, -0.2) is 34.5 Å². The molecule has 1 atom stereocenters. The number of aliphatic hydroxyl groups excluding tert-OH is 1. The molecular weight excluding hydrogens is 280 g/mol. The van der Waals surface area contributed by atoms with Gasteiger partial charge in [-0.3, -0.25) is 0 Å². The summed E-state index contributed by atoms with van der Waals surface area (Å²) in [7, 11) is 0. The molecule has 3 nitrogen and oxygen atoms in total. The van der Waals surface area contributed by atoms with E-state index in [2.05, 4.69) is 24.1 Å². The molecule has 0 radical (unpaired) electrons. The molecule has 0 aliphatic carbocycles. The third-order valence-corrected chi connectivity index (χ3v) is 4.23. The van der Waals surface area contributed by atoms with Gasteiger partial charge in [-0.2, -0.15) is 0 Å². The molecular formula is C14H23ClN2OS. The smallest absolute Gasteiger partial charge is 0.0960 e. The Morgan fingerprint density at radius 1 is 1.47 bits per heavy atom. The summed E-state index contributed by atoms with van der Waals surface area (Å²) in [6, 6.07) is 3.80. The summed E-state index contributed by atoms with van der Waals surface area (Å²) in [5, 5.41) is 14.5. The van der Waals surface area contributed by atoms with Crippen LogP contribution in [0.4, 0.5) is 0 Å². The standard InChI is InChI=1S/C14H23ClN2OS/c1-3-8-17-14(2,11-18)7-4-9-19-13-6-5-12(15)10-16-13/h5-6,10,17-18H,3-4,7-9,11H2,1-2H3. The predicted octanol–water partition coefficient (Wildman–Crippen LogP) is 3.36. The second kappa shape index (κ2) is 8.80. The molecule has 0 saturated heterocycles. The van der Waals surface area contributed by atoms with Gasteiger partial charge in [0.1, 0.15) is 0 Å². The maximum atomic E-state index is 9.46. The number of pyridine rings is 1. The van der Waals surface area contributed by atoms with E-state index in [9.17, 15) is 5.11 Å². The van der Waals surface area contributed by atoms with E-state index in [1.807, 2.05) is 12.1 Å². The summed E-state index contributed by atoms with van der Waals surface area (Å²) in [6.07, 6.45) is 4.76. The highest BCUT2D eigenvalue weighted by atomic mass is 35.5. The second-order valence-electron chi connectivity index (χ2n) is 4.91. The van der Waals surface area contributed by atoms with Crippen molar-refractivity contribution in [3.05, 3.63) is 23.4 Å². The predicted molar refractivity (Wildman–Crippen MR) is 83.0 cm³/mol. The van der Waals surface area contributed by atoms with Crippen LogP contribution in [-0.2, 0) is 0 Å². The van der Waals surface area contributed by atoms with Gasteiger partial charge in [0, 0.05) is 11.7 Å². The molecule has 1 heterocycles. The topological polar surface area (TPSA) is 45.1 Å². The molecule has 1 rings (SSSR count). The molecule has 0 spiro atoms. The Balaban J connectivity index is 2.26. The molecule has 0 aliphatic rings. The van der Waals surface area contributed by atoms with Crippen LogP contribution in [0.25, 0.3) is 0 Å². The maximum absolute atomic E-state index is 9.46. The Kier molecular flexibility index (Phi) is 7.76. The number of rotatable bonds is 9. The van der Waals surface area contributed by atoms with E-state index in [4.69, 9.17) is 11.6 Å². The van der Waals surface area contributed by atoms with Crippen LogP contribution in [0.2, 0.25) is 5.02 Å². The van der Waals surface area contributed by atoms with Gasteiger partial charge in [-0.15, -0.1) is 11.8 Å². The summed E-state index contributed by atoms with van der Waals surface area (Å²) in [6.45, 7) is 5.33. The van der Waals surface area contributed by atoms with Gasteiger partial charge in [0.15, 0.2) is 0 Å². The minimum absolute atomic E-state index is 0.163. The number of halogens is 1. The van der Waals surface area contributed by atoms with Crippen molar-refractivity contribution < 1.29 is 5.11 Å². The zero-order valence-corrected chi connectivity index (χ0v) is 13.2. The molecule has 0 aliphatic heterocycles. The summed E-state index contributed by atoms with van der Waals surface area (Å²) in [5.41, 5.74) is -0.163. The number of nitrogens with zero attached hydrogens (tertiary/aromatic N) is 1. The van der Waals surface area contributed by atoms with Gasteiger partial charge in [-0.05, 0) is 50.6 Å². The summed E-state index contributed by atoms with van der Waals surface area (Å²) in [4.78, 5) is 4.25. The van der Waals surface area contributed by atoms with Gasteiger partial charge in [0.05, 0.1) is 16.7 Å². The number of thioether (sulfide) groups is 1. The van der Waals surface area contributed by atoms with Gasteiger partial charge >= 0.3 is 0 Å². The normalized spacial score (nSPS) is 14.3. The van der Waals surface area contributed by atoms with Crippen molar-refractivity contribution >= 4 is 23.4 Å². The fourth-order valence-electron chi connectivity index (χ4n) is 1.74. The highest BCUT2D eigenvalue weighted by Gasteiger charge is 2.21. The SMILES string of the molecule is CCCNC(C)(CO)CCCSc1ccc(Cl)cn1. The first kappa shape index (κ1) is 16.8. The lowest BCUT2D eigenvalue weighted by Gasteiger charge is -2.28. The molecule has 5 heteroatoms.